The predicted octanol–water partition coefficient (Wildman–Crippen LogP) is 1.83. The molecule has 0 aromatic carbocycles. The van der Waals surface area contributed by atoms with E-state index in [1.807, 2.05) is 0 Å². The maximum atomic E-state index is 5.55. The third-order valence-corrected chi connectivity index (χ3v) is 3.36. The van der Waals surface area contributed by atoms with E-state index in [4.69, 9.17) is 15.2 Å². The summed E-state index contributed by atoms with van der Waals surface area (Å²) in [6.07, 6.45) is 1.85. The zero-order valence-corrected chi connectivity index (χ0v) is 9.74. The van der Waals surface area contributed by atoms with Crippen LogP contribution in [0.5, 0.6) is 10.8 Å². The van der Waals surface area contributed by atoms with Gasteiger partial charge < -0.3 is 15.2 Å². The minimum atomic E-state index is 0.666. The van der Waals surface area contributed by atoms with Gasteiger partial charge in [0.25, 0.3) is 0 Å². The van der Waals surface area contributed by atoms with E-state index in [9.17, 15) is 0 Å². The first-order valence-corrected chi connectivity index (χ1v) is 5.52. The molecule has 0 aliphatic carbocycles. The second-order valence-corrected chi connectivity index (χ2v) is 3.99. The van der Waals surface area contributed by atoms with Crippen LogP contribution in [0.3, 0.4) is 0 Å². The van der Waals surface area contributed by atoms with E-state index in [2.05, 4.69) is 6.92 Å². The molecule has 0 bridgehead atoms. The van der Waals surface area contributed by atoms with Gasteiger partial charge in [-0.2, -0.15) is 0 Å². The van der Waals surface area contributed by atoms with Crippen molar-refractivity contribution in [2.24, 2.45) is 5.73 Å². The highest BCUT2D eigenvalue weighted by Crippen LogP contribution is 2.42. The highest BCUT2D eigenvalue weighted by molar-refractivity contribution is 7.14. The molecule has 1 rings (SSSR count). The molecule has 14 heavy (non-hydrogen) atoms. The fourth-order valence-electron chi connectivity index (χ4n) is 1.50. The maximum Gasteiger partial charge on any atom is 0.217 e. The van der Waals surface area contributed by atoms with Crippen LogP contribution in [0, 0.1) is 0 Å². The van der Waals surface area contributed by atoms with Crippen molar-refractivity contribution in [2.75, 3.05) is 20.8 Å². The largest absolute Gasteiger partial charge is 0.492 e. The number of hydrogen-bond acceptors (Lipinski definition) is 4. The minimum absolute atomic E-state index is 0.666. The van der Waals surface area contributed by atoms with Crippen LogP contribution < -0.4 is 15.2 Å². The molecule has 3 nitrogen and oxygen atoms in total. The molecule has 0 amide bonds. The zero-order valence-electron chi connectivity index (χ0n) is 8.92. The molecular formula is C10H17NO2S. The lowest BCUT2D eigenvalue weighted by Crippen LogP contribution is -2.03. The highest BCUT2D eigenvalue weighted by Gasteiger charge is 2.17. The van der Waals surface area contributed by atoms with Gasteiger partial charge in [-0.1, -0.05) is 18.3 Å². The molecule has 0 fully saturated rings. The maximum absolute atomic E-state index is 5.55. The summed E-state index contributed by atoms with van der Waals surface area (Å²) in [5.41, 5.74) is 6.79. The molecule has 4 heteroatoms. The van der Waals surface area contributed by atoms with E-state index >= 15 is 0 Å². The SMILES string of the molecule is CCc1c(CCN)sc(OC)c1OC. The quantitative estimate of drug-likeness (QED) is 0.815. The van der Waals surface area contributed by atoms with Gasteiger partial charge in [0, 0.05) is 10.4 Å². The lowest BCUT2D eigenvalue weighted by molar-refractivity contribution is 0.361. The summed E-state index contributed by atoms with van der Waals surface area (Å²) in [7, 11) is 3.34. The van der Waals surface area contributed by atoms with Gasteiger partial charge in [-0.15, -0.1) is 0 Å². The summed E-state index contributed by atoms with van der Waals surface area (Å²) >= 11 is 1.63. The Morgan fingerprint density at radius 2 is 2.00 bits per heavy atom. The summed E-state index contributed by atoms with van der Waals surface area (Å²) in [4.78, 5) is 1.28. The first-order valence-electron chi connectivity index (χ1n) is 4.71. The van der Waals surface area contributed by atoms with Gasteiger partial charge in [-0.25, -0.2) is 0 Å². The fraction of sp³-hybridized carbons (Fsp3) is 0.600. The second-order valence-electron chi connectivity index (χ2n) is 2.92. The number of nitrogens with two attached hydrogens (primary N) is 1. The molecular weight excluding hydrogens is 198 g/mol. The Kier molecular flexibility index (Phi) is 4.22. The van der Waals surface area contributed by atoms with Crippen molar-refractivity contribution in [3.8, 4) is 10.8 Å². The van der Waals surface area contributed by atoms with Crippen LogP contribution >= 0.6 is 11.3 Å². The lowest BCUT2D eigenvalue weighted by Gasteiger charge is -2.03. The van der Waals surface area contributed by atoms with Crippen LogP contribution in [0.1, 0.15) is 17.4 Å². The van der Waals surface area contributed by atoms with Crippen molar-refractivity contribution < 1.29 is 9.47 Å². The molecule has 1 heterocycles. The third kappa shape index (κ3) is 2.01. The van der Waals surface area contributed by atoms with Gasteiger partial charge in [0.2, 0.25) is 5.06 Å². The molecule has 0 saturated carbocycles. The van der Waals surface area contributed by atoms with Crippen molar-refractivity contribution in [1.82, 2.24) is 0 Å². The van der Waals surface area contributed by atoms with E-state index in [0.29, 0.717) is 6.54 Å². The Bertz CT molecular complexity index is 297. The normalized spacial score (nSPS) is 10.3. The van der Waals surface area contributed by atoms with Crippen LogP contribution in [-0.2, 0) is 12.8 Å². The summed E-state index contributed by atoms with van der Waals surface area (Å²) in [5, 5.41) is 0.854. The van der Waals surface area contributed by atoms with E-state index in [-0.39, 0.29) is 0 Å². The van der Waals surface area contributed by atoms with Gasteiger partial charge in [-0.3, -0.25) is 0 Å². The Labute approximate surface area is 88.8 Å². The van der Waals surface area contributed by atoms with Crippen molar-refractivity contribution in [1.29, 1.82) is 0 Å². The molecule has 0 spiro atoms. The molecule has 2 N–H and O–H groups in total. The van der Waals surface area contributed by atoms with E-state index in [1.54, 1.807) is 25.6 Å². The van der Waals surface area contributed by atoms with Crippen molar-refractivity contribution in [2.45, 2.75) is 19.8 Å². The smallest absolute Gasteiger partial charge is 0.217 e. The molecule has 0 saturated heterocycles. The molecule has 1 aromatic heterocycles. The number of rotatable bonds is 5. The summed E-state index contributed by atoms with van der Waals surface area (Å²) in [6.45, 7) is 2.78. The van der Waals surface area contributed by atoms with Crippen LogP contribution in [0.4, 0.5) is 0 Å². The van der Waals surface area contributed by atoms with Gasteiger partial charge in [0.15, 0.2) is 5.75 Å². The van der Waals surface area contributed by atoms with Crippen LogP contribution in [0.2, 0.25) is 0 Å². The van der Waals surface area contributed by atoms with E-state index < -0.39 is 0 Å². The minimum Gasteiger partial charge on any atom is -0.492 e. The Balaban J connectivity index is 3.10. The molecule has 0 unspecified atom stereocenters. The summed E-state index contributed by atoms with van der Waals surface area (Å²) in [6, 6.07) is 0. The predicted molar refractivity (Wildman–Crippen MR) is 59.6 cm³/mol. The number of methoxy groups -OCH3 is 2. The first-order chi connectivity index (χ1) is 6.78. The average Bonchev–Trinajstić information content (AvgIpc) is 2.55. The Morgan fingerprint density at radius 3 is 2.43 bits per heavy atom. The monoisotopic (exact) mass is 215 g/mol. The third-order valence-electron chi connectivity index (χ3n) is 2.13. The standard InChI is InChI=1S/C10H17NO2S/c1-4-7-8(5-6-11)14-10(13-3)9(7)12-2/h4-6,11H2,1-3H3. The molecule has 0 aliphatic heterocycles. The summed E-state index contributed by atoms with van der Waals surface area (Å²) < 4.78 is 10.6. The lowest BCUT2D eigenvalue weighted by atomic mass is 10.1. The number of thiophene rings is 1. The summed E-state index contributed by atoms with van der Waals surface area (Å²) in [5.74, 6) is 0.878. The van der Waals surface area contributed by atoms with Crippen LogP contribution in [0.25, 0.3) is 0 Å². The van der Waals surface area contributed by atoms with Gasteiger partial charge >= 0.3 is 0 Å². The number of ether oxygens (including phenoxy) is 2. The van der Waals surface area contributed by atoms with Gasteiger partial charge in [0.1, 0.15) is 0 Å². The first kappa shape index (κ1) is 11.3. The van der Waals surface area contributed by atoms with Gasteiger partial charge in [-0.05, 0) is 19.4 Å². The van der Waals surface area contributed by atoms with Crippen molar-refractivity contribution >= 4 is 11.3 Å². The van der Waals surface area contributed by atoms with Crippen LogP contribution in [-0.4, -0.2) is 20.8 Å². The molecule has 0 atom stereocenters. The van der Waals surface area contributed by atoms with Crippen molar-refractivity contribution in [3.05, 3.63) is 10.4 Å². The van der Waals surface area contributed by atoms with E-state index in [1.165, 1.54) is 10.4 Å². The Morgan fingerprint density at radius 1 is 1.29 bits per heavy atom. The zero-order chi connectivity index (χ0) is 10.6. The molecule has 0 radical (unpaired) electrons. The fourth-order valence-corrected chi connectivity index (χ4v) is 2.69. The Hall–Kier alpha value is -0.740. The molecule has 1 aromatic rings. The van der Waals surface area contributed by atoms with E-state index in [0.717, 1.165) is 23.7 Å². The van der Waals surface area contributed by atoms with Crippen molar-refractivity contribution in [3.63, 3.8) is 0 Å². The highest BCUT2D eigenvalue weighted by atomic mass is 32.1. The topological polar surface area (TPSA) is 44.5 Å². The van der Waals surface area contributed by atoms with Crippen LogP contribution in [0.15, 0.2) is 0 Å². The molecule has 80 valence electrons. The second kappa shape index (κ2) is 5.22. The average molecular weight is 215 g/mol. The number of hydrogen-bond donors (Lipinski definition) is 1. The molecule has 0 aliphatic rings. The van der Waals surface area contributed by atoms with Gasteiger partial charge in [0.05, 0.1) is 14.2 Å².